The number of ether oxygens (including phenoxy) is 1. The van der Waals surface area contributed by atoms with Crippen LogP contribution in [0.4, 0.5) is 0 Å². The summed E-state index contributed by atoms with van der Waals surface area (Å²) >= 11 is 0. The van der Waals surface area contributed by atoms with Crippen molar-refractivity contribution < 1.29 is 9.53 Å². The molecule has 1 aliphatic rings. The highest BCUT2D eigenvalue weighted by atomic mass is 16.5. The zero-order valence-electron chi connectivity index (χ0n) is 8.64. The second-order valence-electron chi connectivity index (χ2n) is 3.37. The Kier molecular flexibility index (Phi) is 5.28. The predicted octanol–water partition coefficient (Wildman–Crippen LogP) is 0.738. The van der Waals surface area contributed by atoms with E-state index in [1.165, 1.54) is 0 Å². The van der Waals surface area contributed by atoms with Crippen LogP contribution < -0.4 is 5.32 Å². The van der Waals surface area contributed by atoms with E-state index in [0.717, 1.165) is 13.1 Å². The van der Waals surface area contributed by atoms with Crippen molar-refractivity contribution in [2.45, 2.75) is 32.3 Å². The second kappa shape index (κ2) is 6.58. The normalized spacial score (nSPS) is 21.1. The van der Waals surface area contributed by atoms with E-state index < -0.39 is 0 Å². The van der Waals surface area contributed by atoms with Crippen molar-refractivity contribution in [1.82, 2.24) is 5.32 Å². The molecule has 0 aliphatic carbocycles. The molecule has 1 rings (SSSR count). The van der Waals surface area contributed by atoms with Gasteiger partial charge in [-0.25, -0.2) is 0 Å². The summed E-state index contributed by atoms with van der Waals surface area (Å²) in [5.74, 6) is 5.92. The number of carbonyl (C=O) groups is 1. The molecule has 0 radical (unpaired) electrons. The van der Waals surface area contributed by atoms with Crippen LogP contribution in [-0.4, -0.2) is 31.6 Å². The number of Topliss-reactive ketones (excluding diaryl/α,β-unsaturated/α-hetero) is 1. The Morgan fingerprint density at radius 2 is 2.50 bits per heavy atom. The Morgan fingerprint density at radius 3 is 3.14 bits per heavy atom. The fourth-order valence-corrected chi connectivity index (χ4v) is 1.43. The van der Waals surface area contributed by atoms with E-state index in [-0.39, 0.29) is 11.9 Å². The van der Waals surface area contributed by atoms with Crippen molar-refractivity contribution in [2.75, 3.05) is 19.7 Å². The summed E-state index contributed by atoms with van der Waals surface area (Å²) in [4.78, 5) is 11.4. The van der Waals surface area contributed by atoms with E-state index in [0.29, 0.717) is 25.9 Å². The molecule has 0 aromatic carbocycles. The zero-order valence-corrected chi connectivity index (χ0v) is 8.64. The van der Waals surface area contributed by atoms with Gasteiger partial charge in [-0.05, 0) is 6.92 Å². The van der Waals surface area contributed by atoms with Crippen LogP contribution in [0.25, 0.3) is 0 Å². The van der Waals surface area contributed by atoms with Crippen molar-refractivity contribution in [3.05, 3.63) is 0 Å². The van der Waals surface area contributed by atoms with E-state index in [9.17, 15) is 4.79 Å². The number of carbonyl (C=O) groups excluding carboxylic acids is 1. The molecular formula is C11H17NO2. The summed E-state index contributed by atoms with van der Waals surface area (Å²) in [5.41, 5.74) is 0. The third-order valence-electron chi connectivity index (χ3n) is 2.17. The molecule has 78 valence electrons. The van der Waals surface area contributed by atoms with Gasteiger partial charge in [0.15, 0.2) is 0 Å². The Labute approximate surface area is 85.2 Å². The van der Waals surface area contributed by atoms with Gasteiger partial charge in [-0.1, -0.05) is 0 Å². The van der Waals surface area contributed by atoms with Crippen molar-refractivity contribution in [3.63, 3.8) is 0 Å². The fraction of sp³-hybridized carbons (Fsp3) is 0.727. The average Bonchev–Trinajstić information content (AvgIpc) is 2.20. The molecule has 0 bridgehead atoms. The number of hydrogen-bond donors (Lipinski definition) is 1. The van der Waals surface area contributed by atoms with Crippen LogP contribution in [0.1, 0.15) is 26.2 Å². The first kappa shape index (κ1) is 11.2. The molecule has 3 heteroatoms. The molecule has 1 heterocycles. The first-order valence-corrected chi connectivity index (χ1v) is 5.06. The van der Waals surface area contributed by atoms with Crippen molar-refractivity contribution >= 4 is 5.78 Å². The summed E-state index contributed by atoms with van der Waals surface area (Å²) < 4.78 is 5.44. The maximum absolute atomic E-state index is 11.4. The van der Waals surface area contributed by atoms with Gasteiger partial charge in [0.05, 0.1) is 12.7 Å². The Hall–Kier alpha value is -0.850. The molecule has 1 atom stereocenters. The minimum Gasteiger partial charge on any atom is -0.375 e. The molecule has 3 nitrogen and oxygen atoms in total. The van der Waals surface area contributed by atoms with Gasteiger partial charge in [-0.3, -0.25) is 4.79 Å². The summed E-state index contributed by atoms with van der Waals surface area (Å²) in [7, 11) is 0. The Bertz CT molecular complexity index is 233. The number of rotatable bonds is 4. The molecule has 1 fully saturated rings. The Balaban J connectivity index is 2.14. The van der Waals surface area contributed by atoms with E-state index in [2.05, 4.69) is 17.2 Å². The monoisotopic (exact) mass is 195 g/mol. The molecule has 1 aliphatic heterocycles. The van der Waals surface area contributed by atoms with E-state index >= 15 is 0 Å². The minimum atomic E-state index is 0.0748. The van der Waals surface area contributed by atoms with Crippen LogP contribution in [0.5, 0.6) is 0 Å². The van der Waals surface area contributed by atoms with Gasteiger partial charge in [0, 0.05) is 32.4 Å². The molecule has 14 heavy (non-hydrogen) atoms. The summed E-state index contributed by atoms with van der Waals surface area (Å²) in [6, 6.07) is 0. The number of ketones is 1. The largest absolute Gasteiger partial charge is 0.375 e. The second-order valence-corrected chi connectivity index (χ2v) is 3.37. The molecular weight excluding hydrogens is 178 g/mol. The molecule has 1 N–H and O–H groups in total. The maximum Gasteiger partial charge on any atom is 0.136 e. The van der Waals surface area contributed by atoms with E-state index in [1.54, 1.807) is 6.92 Å². The lowest BCUT2D eigenvalue weighted by molar-refractivity contribution is -0.122. The first-order valence-electron chi connectivity index (χ1n) is 5.06. The molecule has 0 saturated carbocycles. The highest BCUT2D eigenvalue weighted by Crippen LogP contribution is 2.04. The summed E-state index contributed by atoms with van der Waals surface area (Å²) in [6.07, 6.45) is 1.83. The van der Waals surface area contributed by atoms with E-state index in [1.807, 2.05) is 0 Å². The zero-order chi connectivity index (χ0) is 10.2. The third-order valence-corrected chi connectivity index (χ3v) is 2.17. The van der Waals surface area contributed by atoms with Gasteiger partial charge in [0.2, 0.25) is 0 Å². The fourth-order valence-electron chi connectivity index (χ4n) is 1.43. The number of nitrogens with one attached hydrogen (secondary N) is 1. The lowest BCUT2D eigenvalue weighted by atomic mass is 10.1. The van der Waals surface area contributed by atoms with Crippen LogP contribution in [0.2, 0.25) is 0 Å². The van der Waals surface area contributed by atoms with Crippen LogP contribution in [0.15, 0.2) is 0 Å². The highest BCUT2D eigenvalue weighted by molar-refractivity contribution is 5.79. The molecule has 0 spiro atoms. The minimum absolute atomic E-state index is 0.0748. The standard InChI is InChI=1S/C11H17NO2/c1-2-3-4-5-10(13)8-11-9-12-6-7-14-11/h11-12H,4-9H2,1H3. The summed E-state index contributed by atoms with van der Waals surface area (Å²) in [6.45, 7) is 4.20. The van der Waals surface area contributed by atoms with Crippen LogP contribution >= 0.6 is 0 Å². The van der Waals surface area contributed by atoms with Crippen LogP contribution in [-0.2, 0) is 9.53 Å². The van der Waals surface area contributed by atoms with E-state index in [4.69, 9.17) is 4.74 Å². The topological polar surface area (TPSA) is 38.3 Å². The van der Waals surface area contributed by atoms with Gasteiger partial charge < -0.3 is 10.1 Å². The third kappa shape index (κ3) is 4.40. The van der Waals surface area contributed by atoms with Gasteiger partial charge in [0.25, 0.3) is 0 Å². The molecule has 1 saturated heterocycles. The smallest absolute Gasteiger partial charge is 0.136 e. The van der Waals surface area contributed by atoms with Crippen molar-refractivity contribution in [3.8, 4) is 11.8 Å². The van der Waals surface area contributed by atoms with Crippen LogP contribution in [0.3, 0.4) is 0 Å². The maximum atomic E-state index is 11.4. The molecule has 0 aromatic rings. The summed E-state index contributed by atoms with van der Waals surface area (Å²) in [5, 5.41) is 3.20. The molecule has 1 unspecified atom stereocenters. The van der Waals surface area contributed by atoms with Crippen LogP contribution in [0, 0.1) is 11.8 Å². The van der Waals surface area contributed by atoms with Gasteiger partial charge >= 0.3 is 0 Å². The molecule has 0 amide bonds. The van der Waals surface area contributed by atoms with Gasteiger partial charge in [-0.2, -0.15) is 0 Å². The quantitative estimate of drug-likeness (QED) is 0.672. The number of morpholine rings is 1. The SMILES string of the molecule is CC#CCCC(=O)CC1CNCCO1. The van der Waals surface area contributed by atoms with Gasteiger partial charge in [-0.15, -0.1) is 11.8 Å². The highest BCUT2D eigenvalue weighted by Gasteiger charge is 2.16. The lowest BCUT2D eigenvalue weighted by Gasteiger charge is -2.22. The van der Waals surface area contributed by atoms with Crippen molar-refractivity contribution in [1.29, 1.82) is 0 Å². The predicted molar refractivity (Wildman–Crippen MR) is 54.9 cm³/mol. The number of hydrogen-bond acceptors (Lipinski definition) is 3. The Morgan fingerprint density at radius 1 is 1.64 bits per heavy atom. The lowest BCUT2D eigenvalue weighted by Crippen LogP contribution is -2.39. The molecule has 0 aromatic heterocycles. The van der Waals surface area contributed by atoms with Crippen molar-refractivity contribution in [2.24, 2.45) is 0 Å². The average molecular weight is 195 g/mol. The first-order chi connectivity index (χ1) is 6.83. The van der Waals surface area contributed by atoms with Gasteiger partial charge in [0.1, 0.15) is 5.78 Å².